The third kappa shape index (κ3) is 7.14. The van der Waals surface area contributed by atoms with E-state index in [0.29, 0.717) is 24.6 Å². The van der Waals surface area contributed by atoms with Crippen LogP contribution in [-0.2, 0) is 20.7 Å². The summed E-state index contributed by atoms with van der Waals surface area (Å²) < 4.78 is 15.7. The van der Waals surface area contributed by atoms with E-state index in [-0.39, 0.29) is 19.1 Å². The minimum atomic E-state index is -0.588. The maximum atomic E-state index is 11.9. The Hall–Kier alpha value is -3.02. The molecule has 6 heteroatoms. The third-order valence-corrected chi connectivity index (χ3v) is 4.49. The number of ether oxygens (including phenoxy) is 3. The fourth-order valence-electron chi connectivity index (χ4n) is 3.01. The van der Waals surface area contributed by atoms with E-state index in [1.165, 1.54) is 5.56 Å². The first-order chi connectivity index (χ1) is 13.9. The van der Waals surface area contributed by atoms with Crippen LogP contribution < -0.4 is 14.8 Å². The molecule has 156 valence electrons. The van der Waals surface area contributed by atoms with Gasteiger partial charge in [0, 0.05) is 6.54 Å². The van der Waals surface area contributed by atoms with Crippen molar-refractivity contribution in [3.8, 4) is 11.5 Å². The van der Waals surface area contributed by atoms with Crippen molar-refractivity contribution in [2.45, 2.75) is 33.1 Å². The molecule has 2 rings (SSSR count). The number of nitrogens with one attached hydrogen (secondary N) is 1. The minimum Gasteiger partial charge on any atom is -0.496 e. The van der Waals surface area contributed by atoms with E-state index >= 15 is 0 Å². The van der Waals surface area contributed by atoms with E-state index < -0.39 is 5.97 Å². The average Bonchev–Trinajstić information content (AvgIpc) is 2.70. The predicted octanol–water partition coefficient (Wildman–Crippen LogP) is 3.41. The number of amides is 1. The van der Waals surface area contributed by atoms with Gasteiger partial charge in [-0.15, -0.1) is 0 Å². The maximum Gasteiger partial charge on any atom is 0.344 e. The van der Waals surface area contributed by atoms with Crippen molar-refractivity contribution < 1.29 is 23.8 Å². The number of aryl methyl sites for hydroxylation is 1. The lowest BCUT2D eigenvalue weighted by Crippen LogP contribution is -2.31. The van der Waals surface area contributed by atoms with E-state index in [0.717, 1.165) is 16.9 Å². The van der Waals surface area contributed by atoms with E-state index in [4.69, 9.17) is 14.2 Å². The molecule has 0 saturated heterocycles. The molecule has 0 fully saturated rings. The Bertz CT molecular complexity index is 832. The first-order valence-electron chi connectivity index (χ1n) is 9.68. The first-order valence-corrected chi connectivity index (χ1v) is 9.68. The quantitative estimate of drug-likeness (QED) is 0.620. The number of carbonyl (C=O) groups is 2. The molecular weight excluding hydrogens is 370 g/mol. The van der Waals surface area contributed by atoms with Crippen LogP contribution in [-0.4, -0.2) is 38.7 Å². The molecule has 0 saturated carbocycles. The number of benzene rings is 2. The second-order valence-corrected chi connectivity index (χ2v) is 7.03. The summed E-state index contributed by atoms with van der Waals surface area (Å²) in [5.41, 5.74) is 3.35. The number of esters is 1. The number of hydrogen-bond donors (Lipinski definition) is 1. The molecule has 0 aromatic heterocycles. The highest BCUT2D eigenvalue weighted by Gasteiger charge is 2.10. The highest BCUT2D eigenvalue weighted by atomic mass is 16.6. The Morgan fingerprint density at radius 2 is 1.83 bits per heavy atom. The first kappa shape index (κ1) is 22.3. The number of hydrogen-bond acceptors (Lipinski definition) is 5. The van der Waals surface area contributed by atoms with Gasteiger partial charge in [0.05, 0.1) is 7.11 Å². The molecule has 1 N–H and O–H groups in total. The predicted molar refractivity (Wildman–Crippen MR) is 111 cm³/mol. The van der Waals surface area contributed by atoms with Crippen molar-refractivity contribution in [1.29, 1.82) is 0 Å². The Morgan fingerprint density at radius 3 is 2.52 bits per heavy atom. The highest BCUT2D eigenvalue weighted by molar-refractivity contribution is 5.80. The number of para-hydroxylation sites is 1. The Balaban J connectivity index is 1.68. The molecular formula is C23H29NO5. The summed E-state index contributed by atoms with van der Waals surface area (Å²) in [6, 6.07) is 13.3. The second-order valence-electron chi connectivity index (χ2n) is 7.03. The van der Waals surface area contributed by atoms with Crippen molar-refractivity contribution in [2.75, 3.05) is 26.9 Å². The molecule has 0 unspecified atom stereocenters. The normalized spacial score (nSPS) is 10.5. The van der Waals surface area contributed by atoms with Gasteiger partial charge in [0.25, 0.3) is 5.91 Å². The van der Waals surface area contributed by atoms with E-state index in [9.17, 15) is 9.59 Å². The van der Waals surface area contributed by atoms with Crippen LogP contribution in [0.1, 0.15) is 36.5 Å². The Kier molecular flexibility index (Phi) is 8.52. The van der Waals surface area contributed by atoms with Crippen molar-refractivity contribution >= 4 is 11.9 Å². The fraction of sp³-hybridized carbons (Fsp3) is 0.391. The van der Waals surface area contributed by atoms with Crippen LogP contribution in [0.15, 0.2) is 42.5 Å². The van der Waals surface area contributed by atoms with E-state index in [1.54, 1.807) is 7.11 Å². The van der Waals surface area contributed by atoms with Crippen molar-refractivity contribution in [3.63, 3.8) is 0 Å². The van der Waals surface area contributed by atoms with Gasteiger partial charge in [-0.2, -0.15) is 0 Å². The summed E-state index contributed by atoms with van der Waals surface area (Å²) in [5, 5.41) is 2.72. The molecule has 0 aliphatic rings. The monoisotopic (exact) mass is 399 g/mol. The molecule has 0 radical (unpaired) electrons. The van der Waals surface area contributed by atoms with Crippen molar-refractivity contribution in [2.24, 2.45) is 0 Å². The van der Waals surface area contributed by atoms with Crippen LogP contribution in [0, 0.1) is 6.92 Å². The number of carbonyl (C=O) groups excluding carboxylic acids is 2. The van der Waals surface area contributed by atoms with Crippen LogP contribution in [0.4, 0.5) is 0 Å². The van der Waals surface area contributed by atoms with Gasteiger partial charge in [-0.1, -0.05) is 38.1 Å². The fourth-order valence-corrected chi connectivity index (χ4v) is 3.01. The van der Waals surface area contributed by atoms with E-state index in [2.05, 4.69) is 19.2 Å². The number of rotatable bonds is 10. The Labute approximate surface area is 172 Å². The lowest BCUT2D eigenvalue weighted by Gasteiger charge is -2.12. The molecule has 29 heavy (non-hydrogen) atoms. The zero-order valence-electron chi connectivity index (χ0n) is 17.5. The SMILES string of the molecule is COc1ccccc1CCNC(=O)COC(=O)COc1ccc(C(C)C)c(C)c1. The second kappa shape index (κ2) is 11.1. The topological polar surface area (TPSA) is 73.9 Å². The number of methoxy groups -OCH3 is 1. The van der Waals surface area contributed by atoms with Crippen molar-refractivity contribution in [3.05, 3.63) is 59.2 Å². The molecule has 0 aliphatic carbocycles. The summed E-state index contributed by atoms with van der Waals surface area (Å²) in [6.07, 6.45) is 0.624. The van der Waals surface area contributed by atoms with Crippen LogP contribution in [0.25, 0.3) is 0 Å². The van der Waals surface area contributed by atoms with Gasteiger partial charge in [0.1, 0.15) is 11.5 Å². The zero-order valence-corrected chi connectivity index (χ0v) is 17.5. The lowest BCUT2D eigenvalue weighted by atomic mass is 9.98. The molecule has 6 nitrogen and oxygen atoms in total. The average molecular weight is 399 g/mol. The van der Waals surface area contributed by atoms with Gasteiger partial charge in [-0.05, 0) is 54.2 Å². The minimum absolute atomic E-state index is 0.241. The van der Waals surface area contributed by atoms with Crippen LogP contribution in [0.5, 0.6) is 11.5 Å². The van der Waals surface area contributed by atoms with Gasteiger partial charge in [0.15, 0.2) is 13.2 Å². The molecule has 2 aromatic rings. The van der Waals surface area contributed by atoms with E-state index in [1.807, 2.05) is 49.4 Å². The van der Waals surface area contributed by atoms with Gasteiger partial charge in [0.2, 0.25) is 0 Å². The molecule has 1 amide bonds. The summed E-state index contributed by atoms with van der Waals surface area (Å²) in [6.45, 7) is 6.11. The van der Waals surface area contributed by atoms with Gasteiger partial charge in [-0.25, -0.2) is 4.79 Å². The van der Waals surface area contributed by atoms with Crippen LogP contribution in [0.2, 0.25) is 0 Å². The summed E-state index contributed by atoms with van der Waals surface area (Å²) in [4.78, 5) is 23.7. The molecule has 0 atom stereocenters. The van der Waals surface area contributed by atoms with Crippen LogP contribution in [0.3, 0.4) is 0 Å². The molecule has 0 aliphatic heterocycles. The molecule has 0 bridgehead atoms. The smallest absolute Gasteiger partial charge is 0.344 e. The molecule has 2 aromatic carbocycles. The Morgan fingerprint density at radius 1 is 1.07 bits per heavy atom. The lowest BCUT2D eigenvalue weighted by molar-refractivity contribution is -0.150. The zero-order chi connectivity index (χ0) is 21.2. The molecule has 0 spiro atoms. The summed E-state index contributed by atoms with van der Waals surface area (Å²) in [5.74, 6) is 0.864. The highest BCUT2D eigenvalue weighted by Crippen LogP contribution is 2.23. The van der Waals surface area contributed by atoms with Gasteiger partial charge in [-0.3, -0.25) is 4.79 Å². The maximum absolute atomic E-state index is 11.9. The third-order valence-electron chi connectivity index (χ3n) is 4.49. The van der Waals surface area contributed by atoms with Crippen LogP contribution >= 0.6 is 0 Å². The standard InChI is InChI=1S/C23H29NO5/c1-16(2)20-10-9-19(13-17(20)3)28-15-23(26)29-14-22(25)24-12-11-18-7-5-6-8-21(18)27-4/h5-10,13,16H,11-12,14-15H2,1-4H3,(H,24,25). The van der Waals surface area contributed by atoms with Gasteiger partial charge >= 0.3 is 5.97 Å². The van der Waals surface area contributed by atoms with Crippen molar-refractivity contribution in [1.82, 2.24) is 5.32 Å². The largest absolute Gasteiger partial charge is 0.496 e. The van der Waals surface area contributed by atoms with Gasteiger partial charge < -0.3 is 19.5 Å². The summed E-state index contributed by atoms with van der Waals surface area (Å²) >= 11 is 0. The summed E-state index contributed by atoms with van der Waals surface area (Å²) in [7, 11) is 1.61. The molecule has 0 heterocycles.